The van der Waals surface area contributed by atoms with Gasteiger partial charge in [-0.25, -0.2) is 0 Å². The molecule has 6 nitrogen and oxygen atoms in total. The van der Waals surface area contributed by atoms with Crippen LogP contribution in [-0.4, -0.2) is 42.5 Å². The van der Waals surface area contributed by atoms with Gasteiger partial charge in [0.1, 0.15) is 0 Å². The van der Waals surface area contributed by atoms with Crippen LogP contribution < -0.4 is 15.5 Å². The Labute approximate surface area is 177 Å². The molecule has 1 unspecified atom stereocenters. The quantitative estimate of drug-likeness (QED) is 0.380. The minimum atomic E-state index is 0. The average molecular weight is 479 g/mol. The number of nitrogens with zero attached hydrogens (tertiary/aromatic N) is 3. The lowest BCUT2D eigenvalue weighted by atomic mass is 10.2. The molecule has 1 fully saturated rings. The minimum Gasteiger partial charge on any atom is -0.357 e. The smallest absolute Gasteiger partial charge is 0.229 e. The molecule has 2 heterocycles. The zero-order valence-corrected chi connectivity index (χ0v) is 17.8. The number of anilines is 1. The van der Waals surface area contributed by atoms with Crippen molar-refractivity contribution in [3.63, 3.8) is 0 Å². The molecular formula is C20H26IN5O. The van der Waals surface area contributed by atoms with E-state index in [9.17, 15) is 4.79 Å². The van der Waals surface area contributed by atoms with Crippen LogP contribution in [0.3, 0.4) is 0 Å². The van der Waals surface area contributed by atoms with E-state index in [1.165, 1.54) is 5.56 Å². The van der Waals surface area contributed by atoms with Gasteiger partial charge in [0.25, 0.3) is 0 Å². The van der Waals surface area contributed by atoms with Gasteiger partial charge in [0.2, 0.25) is 5.91 Å². The highest BCUT2D eigenvalue weighted by Gasteiger charge is 2.30. The maximum atomic E-state index is 12.3. The normalized spacial score (nSPS) is 16.8. The lowest BCUT2D eigenvalue weighted by Crippen LogP contribution is -2.44. The van der Waals surface area contributed by atoms with Gasteiger partial charge in [-0.2, -0.15) is 0 Å². The van der Waals surface area contributed by atoms with Crippen LogP contribution in [-0.2, 0) is 11.2 Å². The summed E-state index contributed by atoms with van der Waals surface area (Å²) in [5.74, 6) is 0.893. The van der Waals surface area contributed by atoms with E-state index in [0.717, 1.165) is 24.6 Å². The number of carbonyl (C=O) groups excluding carboxylic acids is 1. The summed E-state index contributed by atoms with van der Waals surface area (Å²) < 4.78 is 0. The summed E-state index contributed by atoms with van der Waals surface area (Å²) in [7, 11) is 0. The first-order chi connectivity index (χ1) is 12.8. The molecule has 0 radical (unpaired) electrons. The summed E-state index contributed by atoms with van der Waals surface area (Å²) in [4.78, 5) is 22.9. The van der Waals surface area contributed by atoms with Crippen LogP contribution in [0.4, 0.5) is 5.69 Å². The molecule has 0 aliphatic carbocycles. The number of benzene rings is 1. The number of para-hydroxylation sites is 1. The number of hydrogen-bond donors (Lipinski definition) is 2. The summed E-state index contributed by atoms with van der Waals surface area (Å²) in [6, 6.07) is 13.8. The van der Waals surface area contributed by atoms with Crippen molar-refractivity contribution in [1.82, 2.24) is 15.6 Å². The molecule has 27 heavy (non-hydrogen) atoms. The molecule has 1 atom stereocenters. The van der Waals surface area contributed by atoms with E-state index in [2.05, 4.69) is 26.7 Å². The number of rotatable bonds is 6. The molecule has 144 valence electrons. The van der Waals surface area contributed by atoms with Crippen molar-refractivity contribution in [3.8, 4) is 0 Å². The maximum absolute atomic E-state index is 12.3. The summed E-state index contributed by atoms with van der Waals surface area (Å²) >= 11 is 0. The Bertz CT molecular complexity index is 739. The fourth-order valence-corrected chi connectivity index (χ4v) is 3.02. The Morgan fingerprint density at radius 3 is 2.78 bits per heavy atom. The highest BCUT2D eigenvalue weighted by Crippen LogP contribution is 2.20. The fourth-order valence-electron chi connectivity index (χ4n) is 3.02. The first-order valence-corrected chi connectivity index (χ1v) is 9.05. The third-order valence-corrected chi connectivity index (χ3v) is 4.27. The summed E-state index contributed by atoms with van der Waals surface area (Å²) in [6.07, 6.45) is 4.95. The summed E-state index contributed by atoms with van der Waals surface area (Å²) in [6.45, 7) is 4.14. The van der Waals surface area contributed by atoms with Crippen LogP contribution >= 0.6 is 24.0 Å². The summed E-state index contributed by atoms with van der Waals surface area (Å²) in [5, 5.41) is 6.65. The number of hydrogen-bond acceptors (Lipinski definition) is 3. The largest absolute Gasteiger partial charge is 0.357 e. The van der Waals surface area contributed by atoms with Crippen LogP contribution in [0.5, 0.6) is 0 Å². The molecule has 0 bridgehead atoms. The Morgan fingerprint density at radius 1 is 1.26 bits per heavy atom. The Morgan fingerprint density at radius 2 is 2.07 bits per heavy atom. The van der Waals surface area contributed by atoms with E-state index in [0.29, 0.717) is 19.5 Å². The molecule has 1 aromatic heterocycles. The topological polar surface area (TPSA) is 69.6 Å². The van der Waals surface area contributed by atoms with Crippen molar-refractivity contribution in [3.05, 3.63) is 60.4 Å². The Hall–Kier alpha value is -2.16. The molecule has 3 rings (SSSR count). The van der Waals surface area contributed by atoms with Crippen molar-refractivity contribution >= 4 is 41.5 Å². The third-order valence-electron chi connectivity index (χ3n) is 4.27. The molecule has 1 aromatic carbocycles. The SMILES string of the molecule is CCNC(=NCCc1cccnc1)NC1CC(=O)N(c2ccccc2)C1.I. The van der Waals surface area contributed by atoms with E-state index in [1.807, 2.05) is 54.4 Å². The molecule has 2 aromatic rings. The van der Waals surface area contributed by atoms with Crippen LogP contribution in [0.1, 0.15) is 18.9 Å². The Kier molecular flexibility index (Phi) is 8.50. The number of aliphatic imine (C=N–C) groups is 1. The standard InChI is InChI=1S/C20H25N5O.HI/c1-2-22-20(23-12-10-16-7-6-11-21-14-16)24-17-13-19(26)25(15-17)18-8-4-3-5-9-18;/h3-9,11,14,17H,2,10,12-13,15H2,1H3,(H2,22,23,24);1H. The molecule has 1 amide bonds. The van der Waals surface area contributed by atoms with Crippen molar-refractivity contribution < 1.29 is 4.79 Å². The van der Waals surface area contributed by atoms with E-state index in [-0.39, 0.29) is 35.9 Å². The van der Waals surface area contributed by atoms with Crippen LogP contribution in [0.2, 0.25) is 0 Å². The first-order valence-electron chi connectivity index (χ1n) is 9.05. The third kappa shape index (κ3) is 6.20. The number of pyridine rings is 1. The highest BCUT2D eigenvalue weighted by atomic mass is 127. The molecule has 0 saturated carbocycles. The Balaban J connectivity index is 0.00000261. The van der Waals surface area contributed by atoms with E-state index in [4.69, 9.17) is 0 Å². The molecule has 2 N–H and O–H groups in total. The first kappa shape index (κ1) is 21.1. The number of amides is 1. The van der Waals surface area contributed by atoms with E-state index in [1.54, 1.807) is 6.20 Å². The summed E-state index contributed by atoms with van der Waals surface area (Å²) in [5.41, 5.74) is 2.11. The van der Waals surface area contributed by atoms with Crippen molar-refractivity contribution in [2.45, 2.75) is 25.8 Å². The second-order valence-electron chi connectivity index (χ2n) is 6.26. The van der Waals surface area contributed by atoms with Gasteiger partial charge in [0.15, 0.2) is 5.96 Å². The predicted octanol–water partition coefficient (Wildman–Crippen LogP) is 2.60. The van der Waals surface area contributed by atoms with E-state index >= 15 is 0 Å². The van der Waals surface area contributed by atoms with Gasteiger partial charge in [0, 0.05) is 44.1 Å². The van der Waals surface area contributed by atoms with Crippen LogP contribution in [0.25, 0.3) is 0 Å². The molecule has 1 saturated heterocycles. The van der Waals surface area contributed by atoms with E-state index < -0.39 is 0 Å². The van der Waals surface area contributed by atoms with Crippen LogP contribution in [0.15, 0.2) is 59.9 Å². The average Bonchev–Trinajstić information content (AvgIpc) is 3.03. The zero-order valence-electron chi connectivity index (χ0n) is 15.5. The number of nitrogens with one attached hydrogen (secondary N) is 2. The lowest BCUT2D eigenvalue weighted by molar-refractivity contribution is -0.117. The number of carbonyl (C=O) groups is 1. The zero-order chi connectivity index (χ0) is 18.2. The van der Waals surface area contributed by atoms with Gasteiger partial charge in [-0.05, 0) is 37.1 Å². The maximum Gasteiger partial charge on any atom is 0.229 e. The van der Waals surface area contributed by atoms with Crippen LogP contribution in [0, 0.1) is 0 Å². The van der Waals surface area contributed by atoms with Crippen molar-refractivity contribution in [2.75, 3.05) is 24.5 Å². The van der Waals surface area contributed by atoms with Gasteiger partial charge in [-0.15, -0.1) is 24.0 Å². The van der Waals surface area contributed by atoms with Gasteiger partial charge in [0.05, 0.1) is 6.04 Å². The number of aromatic nitrogens is 1. The fraction of sp³-hybridized carbons (Fsp3) is 0.350. The molecule has 1 aliphatic heterocycles. The van der Waals surface area contributed by atoms with Gasteiger partial charge < -0.3 is 15.5 Å². The molecule has 0 spiro atoms. The predicted molar refractivity (Wildman–Crippen MR) is 120 cm³/mol. The van der Waals surface area contributed by atoms with Gasteiger partial charge in [-0.1, -0.05) is 24.3 Å². The second kappa shape index (κ2) is 10.9. The number of halogens is 1. The molecule has 1 aliphatic rings. The second-order valence-corrected chi connectivity index (χ2v) is 6.26. The highest BCUT2D eigenvalue weighted by molar-refractivity contribution is 14.0. The number of guanidine groups is 1. The van der Waals surface area contributed by atoms with Crippen molar-refractivity contribution in [2.24, 2.45) is 4.99 Å². The molecular weight excluding hydrogens is 453 g/mol. The van der Waals surface area contributed by atoms with Gasteiger partial charge in [-0.3, -0.25) is 14.8 Å². The lowest BCUT2D eigenvalue weighted by Gasteiger charge is -2.19. The van der Waals surface area contributed by atoms with Gasteiger partial charge >= 0.3 is 0 Å². The molecule has 7 heteroatoms. The minimum absolute atomic E-state index is 0. The van der Waals surface area contributed by atoms with Crippen molar-refractivity contribution in [1.29, 1.82) is 0 Å². The monoisotopic (exact) mass is 479 g/mol.